The minimum atomic E-state index is -3.06. The van der Waals surface area contributed by atoms with Crippen LogP contribution < -0.4 is 4.74 Å². The maximum Gasteiger partial charge on any atom is 0.415 e. The Morgan fingerprint density at radius 1 is 1.32 bits per heavy atom. The SMILES string of the molecule is C[C@@H]1CCN([C@H]2CN(C(=O)Oc3ccc(Cl)cc3)CC(F)(F)C2)C1=O. The lowest BCUT2D eigenvalue weighted by molar-refractivity contribution is -0.138. The molecule has 0 aromatic heterocycles. The van der Waals surface area contributed by atoms with E-state index in [1.165, 1.54) is 17.0 Å². The predicted octanol–water partition coefficient (Wildman–Crippen LogP) is 3.42. The molecule has 25 heavy (non-hydrogen) atoms. The van der Waals surface area contributed by atoms with Gasteiger partial charge in [0.1, 0.15) is 5.75 Å². The minimum absolute atomic E-state index is 0.0421. The van der Waals surface area contributed by atoms with E-state index in [-0.39, 0.29) is 24.1 Å². The van der Waals surface area contributed by atoms with Crippen molar-refractivity contribution < 1.29 is 23.1 Å². The Bertz CT molecular complexity index is 668. The molecule has 0 aliphatic carbocycles. The van der Waals surface area contributed by atoms with Crippen LogP contribution in [0.5, 0.6) is 5.75 Å². The van der Waals surface area contributed by atoms with Crippen LogP contribution in [0.25, 0.3) is 0 Å². The molecule has 136 valence electrons. The van der Waals surface area contributed by atoms with Crippen LogP contribution in [0, 0.1) is 5.92 Å². The molecule has 2 atom stereocenters. The zero-order valence-corrected chi connectivity index (χ0v) is 14.5. The van der Waals surface area contributed by atoms with Crippen molar-refractivity contribution in [3.05, 3.63) is 29.3 Å². The number of carbonyl (C=O) groups is 2. The number of rotatable bonds is 2. The van der Waals surface area contributed by atoms with Crippen molar-refractivity contribution in [2.75, 3.05) is 19.6 Å². The number of ether oxygens (including phenoxy) is 1. The summed E-state index contributed by atoms with van der Waals surface area (Å²) in [6.45, 7) is 1.56. The van der Waals surface area contributed by atoms with Crippen molar-refractivity contribution >= 4 is 23.6 Å². The summed E-state index contributed by atoms with van der Waals surface area (Å²) in [7, 11) is 0. The van der Waals surface area contributed by atoms with Gasteiger partial charge in [-0.1, -0.05) is 18.5 Å². The number of nitrogens with zero attached hydrogens (tertiary/aromatic N) is 2. The Morgan fingerprint density at radius 2 is 2.00 bits per heavy atom. The molecular formula is C17H19ClF2N2O3. The molecule has 2 amide bonds. The van der Waals surface area contributed by atoms with E-state index in [0.29, 0.717) is 18.0 Å². The van der Waals surface area contributed by atoms with Gasteiger partial charge in [-0.25, -0.2) is 13.6 Å². The molecule has 2 aliphatic rings. The number of amides is 2. The minimum Gasteiger partial charge on any atom is -0.410 e. The number of piperidine rings is 1. The molecule has 0 bridgehead atoms. The summed E-state index contributed by atoms with van der Waals surface area (Å²) in [5, 5.41) is 0.478. The third-order valence-corrected chi connectivity index (χ3v) is 4.86. The first-order valence-electron chi connectivity index (χ1n) is 8.16. The van der Waals surface area contributed by atoms with E-state index < -0.39 is 31.0 Å². The van der Waals surface area contributed by atoms with E-state index in [9.17, 15) is 18.4 Å². The van der Waals surface area contributed by atoms with Crippen molar-refractivity contribution in [3.63, 3.8) is 0 Å². The van der Waals surface area contributed by atoms with Crippen molar-refractivity contribution in [3.8, 4) is 5.75 Å². The van der Waals surface area contributed by atoms with E-state index >= 15 is 0 Å². The molecule has 2 saturated heterocycles. The average Bonchev–Trinajstić information content (AvgIpc) is 2.87. The number of likely N-dealkylation sites (tertiary alicyclic amines) is 2. The number of hydrogen-bond acceptors (Lipinski definition) is 3. The molecule has 2 fully saturated rings. The van der Waals surface area contributed by atoms with Crippen LogP contribution >= 0.6 is 11.6 Å². The van der Waals surface area contributed by atoms with E-state index in [1.54, 1.807) is 19.1 Å². The molecule has 5 nitrogen and oxygen atoms in total. The molecule has 0 saturated carbocycles. The molecule has 0 spiro atoms. The first-order valence-corrected chi connectivity index (χ1v) is 8.53. The number of hydrogen-bond donors (Lipinski definition) is 0. The molecule has 1 aromatic carbocycles. The molecule has 3 rings (SSSR count). The summed E-state index contributed by atoms with van der Waals surface area (Å²) < 4.78 is 33.4. The van der Waals surface area contributed by atoms with Gasteiger partial charge in [-0.05, 0) is 30.7 Å². The number of halogens is 3. The predicted molar refractivity (Wildman–Crippen MR) is 87.9 cm³/mol. The first-order chi connectivity index (χ1) is 11.7. The molecule has 0 N–H and O–H groups in total. The third-order valence-electron chi connectivity index (χ3n) is 4.61. The van der Waals surface area contributed by atoms with Crippen LogP contribution in [0.3, 0.4) is 0 Å². The Morgan fingerprint density at radius 3 is 2.60 bits per heavy atom. The van der Waals surface area contributed by atoms with Crippen molar-refractivity contribution in [1.82, 2.24) is 9.80 Å². The van der Waals surface area contributed by atoms with Crippen LogP contribution in [-0.4, -0.2) is 53.4 Å². The lowest BCUT2D eigenvalue weighted by atomic mass is 10.0. The maximum atomic E-state index is 14.1. The van der Waals surface area contributed by atoms with Gasteiger partial charge in [0, 0.05) is 30.5 Å². The van der Waals surface area contributed by atoms with Crippen LogP contribution in [0.15, 0.2) is 24.3 Å². The van der Waals surface area contributed by atoms with Crippen LogP contribution in [0.4, 0.5) is 13.6 Å². The fraction of sp³-hybridized carbons (Fsp3) is 0.529. The summed E-state index contributed by atoms with van der Waals surface area (Å²) in [6, 6.07) is 5.38. The van der Waals surface area contributed by atoms with Gasteiger partial charge in [-0.15, -0.1) is 0 Å². The average molecular weight is 373 g/mol. The zero-order chi connectivity index (χ0) is 18.2. The fourth-order valence-electron chi connectivity index (χ4n) is 3.30. The standard InChI is InChI=1S/C17H19ClF2N2O3/c1-11-6-7-22(15(11)23)13-8-17(19,20)10-21(9-13)16(24)25-14-4-2-12(18)3-5-14/h2-5,11,13H,6-10H2,1H3/t11-,13-/m1/s1. The summed E-state index contributed by atoms with van der Waals surface area (Å²) >= 11 is 5.76. The van der Waals surface area contributed by atoms with Gasteiger partial charge in [-0.3, -0.25) is 9.69 Å². The van der Waals surface area contributed by atoms with Crippen LogP contribution in [0.1, 0.15) is 19.8 Å². The van der Waals surface area contributed by atoms with Gasteiger partial charge in [0.15, 0.2) is 0 Å². The number of alkyl halides is 2. The van der Waals surface area contributed by atoms with E-state index in [1.807, 2.05) is 0 Å². The molecule has 0 unspecified atom stereocenters. The zero-order valence-electron chi connectivity index (χ0n) is 13.8. The van der Waals surface area contributed by atoms with Crippen LogP contribution in [0.2, 0.25) is 5.02 Å². The van der Waals surface area contributed by atoms with Crippen LogP contribution in [-0.2, 0) is 4.79 Å². The summed E-state index contributed by atoms with van der Waals surface area (Å²) in [6.07, 6.45) is -0.641. The second kappa shape index (κ2) is 6.78. The second-order valence-electron chi connectivity index (χ2n) is 6.64. The lowest BCUT2D eigenvalue weighted by Crippen LogP contribution is -2.57. The first kappa shape index (κ1) is 17.9. The number of benzene rings is 1. The highest BCUT2D eigenvalue weighted by atomic mass is 35.5. The van der Waals surface area contributed by atoms with Crippen molar-refractivity contribution in [2.45, 2.75) is 31.7 Å². The molecular weight excluding hydrogens is 354 g/mol. The monoisotopic (exact) mass is 372 g/mol. The fourth-order valence-corrected chi connectivity index (χ4v) is 3.43. The smallest absolute Gasteiger partial charge is 0.410 e. The summed E-state index contributed by atoms with van der Waals surface area (Å²) in [5.74, 6) is -3.13. The normalized spacial score (nSPS) is 26.0. The quantitative estimate of drug-likeness (QED) is 0.799. The number of carbonyl (C=O) groups excluding carboxylic acids is 2. The largest absolute Gasteiger partial charge is 0.415 e. The van der Waals surface area contributed by atoms with Gasteiger partial charge in [0.05, 0.1) is 12.6 Å². The van der Waals surface area contributed by atoms with E-state index in [4.69, 9.17) is 16.3 Å². The van der Waals surface area contributed by atoms with Gasteiger partial charge in [-0.2, -0.15) is 0 Å². The lowest BCUT2D eigenvalue weighted by Gasteiger charge is -2.40. The highest BCUT2D eigenvalue weighted by Crippen LogP contribution is 2.33. The Balaban J connectivity index is 1.71. The molecule has 0 radical (unpaired) electrons. The topological polar surface area (TPSA) is 49.9 Å². The summed E-state index contributed by atoms with van der Waals surface area (Å²) in [4.78, 5) is 26.9. The highest BCUT2D eigenvalue weighted by molar-refractivity contribution is 6.30. The highest BCUT2D eigenvalue weighted by Gasteiger charge is 2.47. The Labute approximate surface area is 149 Å². The maximum absolute atomic E-state index is 14.1. The molecule has 1 aromatic rings. The van der Waals surface area contributed by atoms with Gasteiger partial charge in [0.25, 0.3) is 5.92 Å². The van der Waals surface area contributed by atoms with E-state index in [2.05, 4.69) is 0 Å². The van der Waals surface area contributed by atoms with E-state index in [0.717, 1.165) is 4.90 Å². The Hall–Kier alpha value is -1.89. The third kappa shape index (κ3) is 4.03. The molecule has 2 aliphatic heterocycles. The molecule has 2 heterocycles. The van der Waals surface area contributed by atoms with Gasteiger partial charge >= 0.3 is 6.09 Å². The Kier molecular flexibility index (Phi) is 4.86. The molecule has 8 heteroatoms. The van der Waals surface area contributed by atoms with Gasteiger partial charge in [0.2, 0.25) is 5.91 Å². The van der Waals surface area contributed by atoms with Crippen molar-refractivity contribution in [2.24, 2.45) is 5.92 Å². The second-order valence-corrected chi connectivity index (χ2v) is 7.07. The van der Waals surface area contributed by atoms with Crippen molar-refractivity contribution in [1.29, 1.82) is 0 Å². The van der Waals surface area contributed by atoms with Gasteiger partial charge < -0.3 is 9.64 Å². The summed E-state index contributed by atoms with van der Waals surface area (Å²) in [5.41, 5.74) is 0.